The van der Waals surface area contributed by atoms with E-state index in [1.54, 1.807) is 0 Å². The highest BCUT2D eigenvalue weighted by atomic mass is 16.1. The first-order valence-electron chi connectivity index (χ1n) is 6.96. The second-order valence-electron chi connectivity index (χ2n) is 5.51. The predicted molar refractivity (Wildman–Crippen MR) is 84.4 cm³/mol. The molecular formula is C18H21NO. The number of amides is 1. The van der Waals surface area contributed by atoms with Gasteiger partial charge in [-0.2, -0.15) is 0 Å². The van der Waals surface area contributed by atoms with E-state index in [0.29, 0.717) is 5.92 Å². The van der Waals surface area contributed by atoms with E-state index in [0.717, 1.165) is 27.9 Å². The van der Waals surface area contributed by atoms with Gasteiger partial charge in [-0.15, -0.1) is 0 Å². The molecule has 0 fully saturated rings. The van der Waals surface area contributed by atoms with Crippen LogP contribution in [0.3, 0.4) is 0 Å². The summed E-state index contributed by atoms with van der Waals surface area (Å²) < 4.78 is 0. The summed E-state index contributed by atoms with van der Waals surface area (Å²) in [4.78, 5) is 12.5. The molecule has 104 valence electrons. The van der Waals surface area contributed by atoms with Crippen molar-refractivity contribution in [2.45, 2.75) is 33.6 Å². The maximum Gasteiger partial charge on any atom is 0.255 e. The van der Waals surface area contributed by atoms with Crippen molar-refractivity contribution in [1.29, 1.82) is 0 Å². The fourth-order valence-corrected chi connectivity index (χ4v) is 2.28. The summed E-state index contributed by atoms with van der Waals surface area (Å²) in [7, 11) is 0. The molecule has 1 N–H and O–H groups in total. The number of hydrogen-bond acceptors (Lipinski definition) is 1. The third-order valence-corrected chi connectivity index (χ3v) is 3.47. The minimum absolute atomic E-state index is 0.0423. The number of hydrogen-bond donors (Lipinski definition) is 1. The van der Waals surface area contributed by atoms with Crippen LogP contribution in [0.15, 0.2) is 42.5 Å². The van der Waals surface area contributed by atoms with E-state index in [1.807, 2.05) is 50.2 Å². The molecule has 0 aliphatic heterocycles. The Balaban J connectivity index is 2.31. The molecule has 2 heteroatoms. The molecule has 0 aliphatic rings. The van der Waals surface area contributed by atoms with E-state index in [9.17, 15) is 4.79 Å². The van der Waals surface area contributed by atoms with Gasteiger partial charge < -0.3 is 5.32 Å². The number of aryl methyl sites for hydroxylation is 2. The summed E-state index contributed by atoms with van der Waals surface area (Å²) in [5.74, 6) is 0.337. The highest BCUT2D eigenvalue weighted by Crippen LogP contribution is 2.24. The first-order chi connectivity index (χ1) is 9.49. The lowest BCUT2D eigenvalue weighted by Crippen LogP contribution is -2.15. The third-order valence-electron chi connectivity index (χ3n) is 3.47. The Morgan fingerprint density at radius 3 is 2.45 bits per heavy atom. The maximum absolute atomic E-state index is 12.5. The van der Waals surface area contributed by atoms with Crippen LogP contribution >= 0.6 is 0 Å². The second-order valence-corrected chi connectivity index (χ2v) is 5.51. The van der Waals surface area contributed by atoms with Gasteiger partial charge in [0.05, 0.1) is 0 Å². The summed E-state index contributed by atoms with van der Waals surface area (Å²) in [5.41, 5.74) is 4.89. The van der Waals surface area contributed by atoms with Crippen LogP contribution in [0.25, 0.3) is 0 Å². The van der Waals surface area contributed by atoms with Gasteiger partial charge in [-0.3, -0.25) is 4.79 Å². The average molecular weight is 267 g/mol. The number of nitrogens with one attached hydrogen (secondary N) is 1. The van der Waals surface area contributed by atoms with Crippen LogP contribution in [-0.2, 0) is 0 Å². The lowest BCUT2D eigenvalue weighted by Gasteiger charge is -2.14. The quantitative estimate of drug-likeness (QED) is 0.859. The van der Waals surface area contributed by atoms with Crippen molar-refractivity contribution in [3.8, 4) is 0 Å². The van der Waals surface area contributed by atoms with Crippen LogP contribution in [0.2, 0.25) is 0 Å². The van der Waals surface area contributed by atoms with Gasteiger partial charge in [0.1, 0.15) is 0 Å². The van der Waals surface area contributed by atoms with Gasteiger partial charge in [-0.05, 0) is 43.0 Å². The summed E-state index contributed by atoms with van der Waals surface area (Å²) in [6, 6.07) is 13.9. The average Bonchev–Trinajstić information content (AvgIpc) is 2.41. The molecule has 0 radical (unpaired) electrons. The summed E-state index contributed by atoms with van der Waals surface area (Å²) in [6.45, 7) is 8.22. The molecule has 0 heterocycles. The molecule has 20 heavy (non-hydrogen) atoms. The molecule has 2 aromatic rings. The molecule has 0 aliphatic carbocycles. The Kier molecular flexibility index (Phi) is 4.23. The van der Waals surface area contributed by atoms with E-state index >= 15 is 0 Å². The van der Waals surface area contributed by atoms with Gasteiger partial charge in [0.2, 0.25) is 0 Å². The molecule has 0 unspecified atom stereocenters. The lowest BCUT2D eigenvalue weighted by atomic mass is 10.0. The Labute approximate surface area is 120 Å². The summed E-state index contributed by atoms with van der Waals surface area (Å²) >= 11 is 0. The van der Waals surface area contributed by atoms with Gasteiger partial charge in [0.25, 0.3) is 5.91 Å². The molecule has 1 amide bonds. The molecule has 0 bridgehead atoms. The maximum atomic E-state index is 12.5. The van der Waals surface area contributed by atoms with Crippen molar-refractivity contribution >= 4 is 11.6 Å². The van der Waals surface area contributed by atoms with Crippen LogP contribution in [0.5, 0.6) is 0 Å². The Hall–Kier alpha value is -2.09. The monoisotopic (exact) mass is 267 g/mol. The molecule has 2 rings (SSSR count). The standard InChI is InChI=1S/C18H21NO/c1-12(2)15-7-5-6-8-17(15)19-18(20)16-11-13(3)9-10-14(16)4/h5-12H,1-4H3,(H,19,20). The van der Waals surface area contributed by atoms with Crippen LogP contribution in [0.1, 0.15) is 46.8 Å². The van der Waals surface area contributed by atoms with E-state index in [-0.39, 0.29) is 5.91 Å². The molecule has 2 nitrogen and oxygen atoms in total. The molecule has 2 aromatic carbocycles. The Morgan fingerprint density at radius 1 is 1.05 bits per heavy atom. The fraction of sp³-hybridized carbons (Fsp3) is 0.278. The molecular weight excluding hydrogens is 246 g/mol. The number of benzene rings is 2. The molecule has 0 spiro atoms. The predicted octanol–water partition coefficient (Wildman–Crippen LogP) is 4.68. The molecule has 0 saturated carbocycles. The van der Waals surface area contributed by atoms with Crippen LogP contribution in [-0.4, -0.2) is 5.91 Å². The van der Waals surface area contributed by atoms with E-state index in [4.69, 9.17) is 0 Å². The fourth-order valence-electron chi connectivity index (χ4n) is 2.28. The molecule has 0 aromatic heterocycles. The number of carbonyl (C=O) groups excluding carboxylic acids is 1. The Bertz CT molecular complexity index is 629. The first-order valence-corrected chi connectivity index (χ1v) is 6.96. The third kappa shape index (κ3) is 3.08. The minimum Gasteiger partial charge on any atom is -0.322 e. The number of anilines is 1. The van der Waals surface area contributed by atoms with E-state index < -0.39 is 0 Å². The first kappa shape index (κ1) is 14.3. The highest BCUT2D eigenvalue weighted by Gasteiger charge is 2.12. The van der Waals surface area contributed by atoms with Crippen LogP contribution in [0, 0.1) is 13.8 Å². The van der Waals surface area contributed by atoms with Gasteiger partial charge >= 0.3 is 0 Å². The zero-order valence-corrected chi connectivity index (χ0v) is 12.5. The summed E-state index contributed by atoms with van der Waals surface area (Å²) in [6.07, 6.45) is 0. The van der Waals surface area contributed by atoms with Crippen LogP contribution in [0.4, 0.5) is 5.69 Å². The van der Waals surface area contributed by atoms with Crippen LogP contribution < -0.4 is 5.32 Å². The van der Waals surface area contributed by atoms with Crippen molar-refractivity contribution in [2.24, 2.45) is 0 Å². The zero-order valence-electron chi connectivity index (χ0n) is 12.5. The normalized spacial score (nSPS) is 10.7. The van der Waals surface area contributed by atoms with Crippen molar-refractivity contribution in [1.82, 2.24) is 0 Å². The van der Waals surface area contributed by atoms with Crippen molar-refractivity contribution in [2.75, 3.05) is 5.32 Å². The van der Waals surface area contributed by atoms with Gasteiger partial charge in [-0.1, -0.05) is 49.7 Å². The van der Waals surface area contributed by atoms with Gasteiger partial charge in [0.15, 0.2) is 0 Å². The SMILES string of the molecule is Cc1ccc(C)c(C(=O)Nc2ccccc2C(C)C)c1. The van der Waals surface area contributed by atoms with Gasteiger partial charge in [0, 0.05) is 11.3 Å². The van der Waals surface area contributed by atoms with Gasteiger partial charge in [-0.25, -0.2) is 0 Å². The van der Waals surface area contributed by atoms with E-state index in [1.165, 1.54) is 0 Å². The van der Waals surface area contributed by atoms with Crippen molar-refractivity contribution in [3.05, 3.63) is 64.7 Å². The van der Waals surface area contributed by atoms with E-state index in [2.05, 4.69) is 25.2 Å². The zero-order chi connectivity index (χ0) is 14.7. The lowest BCUT2D eigenvalue weighted by molar-refractivity contribution is 0.102. The molecule has 0 saturated heterocycles. The second kappa shape index (κ2) is 5.91. The van der Waals surface area contributed by atoms with Crippen molar-refractivity contribution in [3.63, 3.8) is 0 Å². The van der Waals surface area contributed by atoms with Crippen molar-refractivity contribution < 1.29 is 4.79 Å². The highest BCUT2D eigenvalue weighted by molar-refractivity contribution is 6.05. The minimum atomic E-state index is -0.0423. The summed E-state index contributed by atoms with van der Waals surface area (Å²) in [5, 5.41) is 3.04. The largest absolute Gasteiger partial charge is 0.322 e. The number of rotatable bonds is 3. The molecule has 0 atom stereocenters. The smallest absolute Gasteiger partial charge is 0.255 e. The Morgan fingerprint density at radius 2 is 1.75 bits per heavy atom. The number of para-hydroxylation sites is 1. The topological polar surface area (TPSA) is 29.1 Å². The number of carbonyl (C=O) groups is 1.